The second kappa shape index (κ2) is 7.02. The Balaban J connectivity index is 1.80. The molecule has 23 heavy (non-hydrogen) atoms. The highest BCUT2D eigenvalue weighted by molar-refractivity contribution is 5.62. The summed E-state index contributed by atoms with van der Waals surface area (Å²) in [6.07, 6.45) is 1.80. The molecule has 122 valence electrons. The second-order valence-electron chi connectivity index (χ2n) is 5.63. The number of aromatic nitrogens is 3. The van der Waals surface area contributed by atoms with Crippen molar-refractivity contribution in [1.29, 1.82) is 0 Å². The Morgan fingerprint density at radius 3 is 2.87 bits per heavy atom. The Kier molecular flexibility index (Phi) is 4.83. The molecule has 0 bridgehead atoms. The average molecular weight is 314 g/mol. The van der Waals surface area contributed by atoms with Crippen molar-refractivity contribution in [3.63, 3.8) is 0 Å². The third-order valence-electron chi connectivity index (χ3n) is 3.88. The molecule has 2 aromatic heterocycles. The van der Waals surface area contributed by atoms with Crippen molar-refractivity contribution < 1.29 is 9.47 Å². The van der Waals surface area contributed by atoms with Crippen molar-refractivity contribution in [3.8, 4) is 11.3 Å². The number of anilines is 1. The Morgan fingerprint density at radius 1 is 1.22 bits per heavy atom. The quantitative estimate of drug-likeness (QED) is 0.914. The van der Waals surface area contributed by atoms with E-state index in [4.69, 9.17) is 9.47 Å². The van der Waals surface area contributed by atoms with E-state index in [9.17, 15) is 0 Å². The molecule has 2 aromatic rings. The Bertz CT molecular complexity index is 677. The van der Waals surface area contributed by atoms with Gasteiger partial charge in [-0.05, 0) is 39.0 Å². The summed E-state index contributed by atoms with van der Waals surface area (Å²) in [5, 5.41) is 3.32. The van der Waals surface area contributed by atoms with Crippen LogP contribution in [-0.4, -0.2) is 46.9 Å². The standard InChI is InChI=1S/C17H22N4O2/c1-4-23-16-10-22-9-15(16)21-17-18-8-7-14(20-17)13-6-5-11(2)19-12(13)3/h5-8,15-16H,4,9-10H2,1-3H3,(H,18,20,21)/t15-,16-/m0/s1. The van der Waals surface area contributed by atoms with Crippen LogP contribution in [0.25, 0.3) is 11.3 Å². The van der Waals surface area contributed by atoms with Crippen molar-refractivity contribution in [2.75, 3.05) is 25.1 Å². The minimum absolute atomic E-state index is 0.0371. The SMILES string of the molecule is CCO[C@H]1COC[C@@H]1Nc1nccc(-c2ccc(C)nc2C)n1. The molecule has 1 aliphatic heterocycles. The number of hydrogen-bond acceptors (Lipinski definition) is 6. The zero-order valence-corrected chi connectivity index (χ0v) is 13.7. The molecule has 3 rings (SSSR count). The molecule has 6 nitrogen and oxygen atoms in total. The number of hydrogen-bond donors (Lipinski definition) is 1. The smallest absolute Gasteiger partial charge is 0.223 e. The molecule has 2 atom stereocenters. The van der Waals surface area contributed by atoms with Gasteiger partial charge in [0, 0.05) is 29.8 Å². The number of pyridine rings is 1. The van der Waals surface area contributed by atoms with Gasteiger partial charge in [-0.3, -0.25) is 4.98 Å². The van der Waals surface area contributed by atoms with E-state index < -0.39 is 0 Å². The fourth-order valence-electron chi connectivity index (χ4n) is 2.75. The summed E-state index contributed by atoms with van der Waals surface area (Å²) in [4.78, 5) is 13.4. The van der Waals surface area contributed by atoms with Crippen LogP contribution in [-0.2, 0) is 9.47 Å². The predicted octanol–water partition coefficient (Wildman–Crippen LogP) is 2.37. The first-order chi connectivity index (χ1) is 11.2. The molecule has 0 unspecified atom stereocenters. The van der Waals surface area contributed by atoms with E-state index >= 15 is 0 Å². The molecule has 1 saturated heterocycles. The number of ether oxygens (including phenoxy) is 2. The van der Waals surface area contributed by atoms with E-state index in [-0.39, 0.29) is 12.1 Å². The lowest BCUT2D eigenvalue weighted by atomic mass is 10.1. The lowest BCUT2D eigenvalue weighted by Crippen LogP contribution is -2.35. The Labute approximate surface area is 136 Å². The Hall–Kier alpha value is -2.05. The van der Waals surface area contributed by atoms with Crippen molar-refractivity contribution in [3.05, 3.63) is 35.8 Å². The number of rotatable bonds is 5. The summed E-state index contributed by atoms with van der Waals surface area (Å²) in [7, 11) is 0. The molecule has 0 saturated carbocycles. The predicted molar refractivity (Wildman–Crippen MR) is 88.4 cm³/mol. The van der Waals surface area contributed by atoms with Gasteiger partial charge in [0.2, 0.25) is 5.95 Å². The van der Waals surface area contributed by atoms with Crippen molar-refractivity contribution >= 4 is 5.95 Å². The van der Waals surface area contributed by atoms with Crippen LogP contribution in [0.1, 0.15) is 18.3 Å². The highest BCUT2D eigenvalue weighted by Crippen LogP contribution is 2.22. The highest BCUT2D eigenvalue weighted by atomic mass is 16.5. The molecule has 0 spiro atoms. The van der Waals surface area contributed by atoms with Gasteiger partial charge in [-0.2, -0.15) is 0 Å². The minimum atomic E-state index is 0.0371. The minimum Gasteiger partial charge on any atom is -0.376 e. The lowest BCUT2D eigenvalue weighted by molar-refractivity contribution is 0.0477. The van der Waals surface area contributed by atoms with Crippen molar-refractivity contribution in [2.45, 2.75) is 32.9 Å². The van der Waals surface area contributed by atoms with Crippen LogP contribution in [0, 0.1) is 13.8 Å². The molecule has 1 fully saturated rings. The first kappa shape index (κ1) is 15.8. The van der Waals surface area contributed by atoms with Crippen LogP contribution in [0.15, 0.2) is 24.4 Å². The van der Waals surface area contributed by atoms with Crippen LogP contribution >= 0.6 is 0 Å². The van der Waals surface area contributed by atoms with E-state index in [2.05, 4.69) is 20.3 Å². The lowest BCUT2D eigenvalue weighted by Gasteiger charge is -2.19. The monoisotopic (exact) mass is 314 g/mol. The largest absolute Gasteiger partial charge is 0.376 e. The van der Waals surface area contributed by atoms with Crippen molar-refractivity contribution in [2.24, 2.45) is 0 Å². The van der Waals surface area contributed by atoms with Gasteiger partial charge in [0.1, 0.15) is 6.10 Å². The number of aryl methyl sites for hydroxylation is 2. The molecular weight excluding hydrogens is 292 g/mol. The van der Waals surface area contributed by atoms with Crippen LogP contribution in [0.3, 0.4) is 0 Å². The topological polar surface area (TPSA) is 69.2 Å². The third kappa shape index (κ3) is 3.65. The van der Waals surface area contributed by atoms with Crippen molar-refractivity contribution in [1.82, 2.24) is 15.0 Å². The van der Waals surface area contributed by atoms with Crippen LogP contribution in [0.4, 0.5) is 5.95 Å². The van der Waals surface area contributed by atoms with Gasteiger partial charge in [-0.15, -0.1) is 0 Å². The Morgan fingerprint density at radius 2 is 2.09 bits per heavy atom. The summed E-state index contributed by atoms with van der Waals surface area (Å²) in [6, 6.07) is 6.01. The first-order valence-electron chi connectivity index (χ1n) is 7.91. The number of nitrogens with zero attached hydrogens (tertiary/aromatic N) is 3. The molecule has 6 heteroatoms. The molecule has 0 aromatic carbocycles. The molecule has 3 heterocycles. The maximum Gasteiger partial charge on any atom is 0.223 e. The molecule has 0 radical (unpaired) electrons. The summed E-state index contributed by atoms with van der Waals surface area (Å²) in [6.45, 7) is 7.84. The second-order valence-corrected chi connectivity index (χ2v) is 5.63. The zero-order valence-electron chi connectivity index (χ0n) is 13.7. The van der Waals surface area contributed by atoms with Gasteiger partial charge >= 0.3 is 0 Å². The van der Waals surface area contributed by atoms with Gasteiger partial charge in [0.25, 0.3) is 0 Å². The normalized spacial score (nSPS) is 20.7. The first-order valence-corrected chi connectivity index (χ1v) is 7.91. The highest BCUT2D eigenvalue weighted by Gasteiger charge is 2.29. The maximum atomic E-state index is 5.68. The van der Waals surface area contributed by atoms with Gasteiger partial charge in [0.15, 0.2) is 0 Å². The van der Waals surface area contributed by atoms with E-state index in [1.165, 1.54) is 0 Å². The molecule has 0 aliphatic carbocycles. The van der Waals surface area contributed by atoms with Crippen LogP contribution in [0.5, 0.6) is 0 Å². The average Bonchev–Trinajstić information content (AvgIpc) is 2.95. The van der Waals surface area contributed by atoms with E-state index in [1.54, 1.807) is 6.20 Å². The summed E-state index contributed by atoms with van der Waals surface area (Å²) >= 11 is 0. The van der Waals surface area contributed by atoms with Gasteiger partial charge in [0.05, 0.1) is 24.9 Å². The number of nitrogens with one attached hydrogen (secondary N) is 1. The molecule has 0 amide bonds. The van der Waals surface area contributed by atoms with Gasteiger partial charge in [-0.25, -0.2) is 9.97 Å². The van der Waals surface area contributed by atoms with Gasteiger partial charge in [-0.1, -0.05) is 0 Å². The van der Waals surface area contributed by atoms with E-state index in [0.717, 1.165) is 22.6 Å². The summed E-state index contributed by atoms with van der Waals surface area (Å²) < 4.78 is 11.2. The summed E-state index contributed by atoms with van der Waals surface area (Å²) in [5.41, 5.74) is 3.84. The third-order valence-corrected chi connectivity index (χ3v) is 3.88. The van der Waals surface area contributed by atoms with Crippen LogP contribution in [0.2, 0.25) is 0 Å². The van der Waals surface area contributed by atoms with Gasteiger partial charge < -0.3 is 14.8 Å². The van der Waals surface area contributed by atoms with Crippen LogP contribution < -0.4 is 5.32 Å². The fourth-order valence-corrected chi connectivity index (χ4v) is 2.75. The molecular formula is C17H22N4O2. The molecule has 1 aliphatic rings. The van der Waals surface area contributed by atoms with E-state index in [1.807, 2.05) is 39.0 Å². The zero-order chi connectivity index (χ0) is 16.2. The maximum absolute atomic E-state index is 5.68. The fraction of sp³-hybridized carbons (Fsp3) is 0.471. The van der Waals surface area contributed by atoms with E-state index in [0.29, 0.717) is 25.8 Å². The summed E-state index contributed by atoms with van der Waals surface area (Å²) in [5.74, 6) is 0.586. The molecule has 1 N–H and O–H groups in total.